The number of rotatable bonds is 4. The fourth-order valence-electron chi connectivity index (χ4n) is 1.71. The van der Waals surface area contributed by atoms with E-state index >= 15 is 0 Å². The Bertz CT molecular complexity index is 546. The van der Waals surface area contributed by atoms with Gasteiger partial charge in [0.05, 0.1) is 11.3 Å². The van der Waals surface area contributed by atoms with Gasteiger partial charge in [0, 0.05) is 17.8 Å². The molecule has 6 heteroatoms. The molecular formula is C13H14F3N3. The van der Waals surface area contributed by atoms with Gasteiger partial charge in [0.15, 0.2) is 0 Å². The number of halogens is 3. The predicted molar refractivity (Wildman–Crippen MR) is 66.4 cm³/mol. The van der Waals surface area contributed by atoms with E-state index in [1.165, 1.54) is 6.07 Å². The first kappa shape index (κ1) is 13.6. The van der Waals surface area contributed by atoms with Crippen LogP contribution in [-0.2, 0) is 12.7 Å². The maximum absolute atomic E-state index is 12.6. The molecule has 0 saturated heterocycles. The highest BCUT2D eigenvalue weighted by atomic mass is 19.4. The lowest BCUT2D eigenvalue weighted by atomic mass is 10.1. The van der Waals surface area contributed by atoms with E-state index in [2.05, 4.69) is 15.5 Å². The lowest BCUT2D eigenvalue weighted by molar-refractivity contribution is -0.137. The molecule has 0 atom stereocenters. The molecule has 102 valence electrons. The van der Waals surface area contributed by atoms with Crippen LogP contribution in [0.4, 0.5) is 13.2 Å². The zero-order chi connectivity index (χ0) is 13.9. The van der Waals surface area contributed by atoms with Crippen molar-refractivity contribution >= 4 is 0 Å². The van der Waals surface area contributed by atoms with Gasteiger partial charge in [-0.2, -0.15) is 18.3 Å². The summed E-state index contributed by atoms with van der Waals surface area (Å²) in [7, 11) is 0. The molecule has 2 N–H and O–H groups in total. The minimum absolute atomic E-state index is 0.453. The smallest absolute Gasteiger partial charge is 0.311 e. The Morgan fingerprint density at radius 2 is 2.05 bits per heavy atom. The minimum Gasteiger partial charge on any atom is -0.311 e. The van der Waals surface area contributed by atoms with E-state index in [0.717, 1.165) is 24.4 Å². The fraction of sp³-hybridized carbons (Fsp3) is 0.308. The average molecular weight is 269 g/mol. The van der Waals surface area contributed by atoms with Crippen LogP contribution in [0.3, 0.4) is 0 Å². The van der Waals surface area contributed by atoms with Crippen molar-refractivity contribution in [3.8, 4) is 11.3 Å². The molecule has 0 saturated carbocycles. The van der Waals surface area contributed by atoms with Crippen molar-refractivity contribution in [1.82, 2.24) is 15.5 Å². The van der Waals surface area contributed by atoms with E-state index in [1.54, 1.807) is 12.1 Å². The second-order valence-electron chi connectivity index (χ2n) is 4.14. The average Bonchev–Trinajstić information content (AvgIpc) is 2.84. The summed E-state index contributed by atoms with van der Waals surface area (Å²) in [6.45, 7) is 3.41. The van der Waals surface area contributed by atoms with Crippen LogP contribution in [0, 0.1) is 0 Å². The number of benzene rings is 1. The van der Waals surface area contributed by atoms with Gasteiger partial charge in [-0.15, -0.1) is 0 Å². The number of aromatic amines is 1. The summed E-state index contributed by atoms with van der Waals surface area (Å²) in [6, 6.07) is 6.90. The third-order valence-electron chi connectivity index (χ3n) is 2.68. The van der Waals surface area contributed by atoms with Gasteiger partial charge in [-0.1, -0.05) is 19.1 Å². The zero-order valence-corrected chi connectivity index (χ0v) is 10.4. The van der Waals surface area contributed by atoms with Gasteiger partial charge in [-0.3, -0.25) is 5.10 Å². The van der Waals surface area contributed by atoms with Crippen LogP contribution in [0.15, 0.2) is 30.3 Å². The quantitative estimate of drug-likeness (QED) is 0.894. The van der Waals surface area contributed by atoms with E-state index in [9.17, 15) is 13.2 Å². The van der Waals surface area contributed by atoms with Crippen LogP contribution in [0.5, 0.6) is 0 Å². The lowest BCUT2D eigenvalue weighted by Crippen LogP contribution is -2.11. The monoisotopic (exact) mass is 269 g/mol. The van der Waals surface area contributed by atoms with Crippen molar-refractivity contribution in [3.05, 3.63) is 41.6 Å². The van der Waals surface area contributed by atoms with Crippen molar-refractivity contribution < 1.29 is 13.2 Å². The molecule has 3 nitrogen and oxygen atoms in total. The van der Waals surface area contributed by atoms with Crippen LogP contribution in [0.1, 0.15) is 18.2 Å². The van der Waals surface area contributed by atoms with Gasteiger partial charge >= 0.3 is 6.18 Å². The topological polar surface area (TPSA) is 40.7 Å². The van der Waals surface area contributed by atoms with Crippen LogP contribution >= 0.6 is 0 Å². The van der Waals surface area contributed by atoms with Crippen LogP contribution < -0.4 is 5.32 Å². The van der Waals surface area contributed by atoms with Gasteiger partial charge < -0.3 is 5.32 Å². The molecule has 0 aliphatic heterocycles. The molecule has 0 amide bonds. The van der Waals surface area contributed by atoms with Crippen LogP contribution in [0.25, 0.3) is 11.3 Å². The summed E-state index contributed by atoms with van der Waals surface area (Å²) < 4.78 is 37.9. The van der Waals surface area contributed by atoms with Crippen LogP contribution in [-0.4, -0.2) is 16.7 Å². The Labute approximate surface area is 108 Å². The summed E-state index contributed by atoms with van der Waals surface area (Å²) in [5.74, 6) is 0. The lowest BCUT2D eigenvalue weighted by Gasteiger charge is -2.07. The first-order valence-corrected chi connectivity index (χ1v) is 5.93. The summed E-state index contributed by atoms with van der Waals surface area (Å²) in [5, 5.41) is 9.95. The van der Waals surface area contributed by atoms with Crippen LogP contribution in [0.2, 0.25) is 0 Å². The molecular weight excluding hydrogens is 255 g/mol. The number of hydrogen-bond donors (Lipinski definition) is 2. The molecule has 0 bridgehead atoms. The van der Waals surface area contributed by atoms with E-state index in [-0.39, 0.29) is 0 Å². The van der Waals surface area contributed by atoms with Crippen molar-refractivity contribution in [2.24, 2.45) is 0 Å². The third-order valence-corrected chi connectivity index (χ3v) is 2.68. The number of H-pyrrole nitrogens is 1. The first-order chi connectivity index (χ1) is 9.00. The highest BCUT2D eigenvalue weighted by Gasteiger charge is 2.30. The predicted octanol–water partition coefficient (Wildman–Crippen LogP) is 3.21. The molecule has 0 spiro atoms. The largest absolute Gasteiger partial charge is 0.416 e. The van der Waals surface area contributed by atoms with Gasteiger partial charge in [-0.05, 0) is 24.7 Å². The molecule has 0 unspecified atom stereocenters. The molecule has 0 aliphatic carbocycles. The molecule has 0 radical (unpaired) electrons. The van der Waals surface area contributed by atoms with Crippen molar-refractivity contribution in [3.63, 3.8) is 0 Å². The Hall–Kier alpha value is -1.82. The molecule has 0 fully saturated rings. The Balaban J connectivity index is 2.24. The van der Waals surface area contributed by atoms with Crippen molar-refractivity contribution in [1.29, 1.82) is 0 Å². The SMILES string of the molecule is CCNCc1cc(-c2cccc(C(F)(F)F)c2)n[nH]1. The number of nitrogens with one attached hydrogen (secondary N) is 2. The van der Waals surface area contributed by atoms with Crippen molar-refractivity contribution in [2.45, 2.75) is 19.6 Å². The highest BCUT2D eigenvalue weighted by molar-refractivity contribution is 5.60. The molecule has 1 aromatic heterocycles. The van der Waals surface area contributed by atoms with Gasteiger partial charge in [0.2, 0.25) is 0 Å². The summed E-state index contributed by atoms with van der Waals surface area (Å²) >= 11 is 0. The minimum atomic E-state index is -4.33. The number of nitrogens with zero attached hydrogens (tertiary/aromatic N) is 1. The van der Waals surface area contributed by atoms with Gasteiger partial charge in [-0.25, -0.2) is 0 Å². The number of alkyl halides is 3. The zero-order valence-electron chi connectivity index (χ0n) is 10.4. The van der Waals surface area contributed by atoms with Gasteiger partial charge in [0.25, 0.3) is 0 Å². The normalized spacial score (nSPS) is 11.8. The standard InChI is InChI=1S/C13H14F3N3/c1-2-17-8-11-7-12(19-18-11)9-4-3-5-10(6-9)13(14,15)16/h3-7,17H,2,8H2,1H3,(H,18,19). The Morgan fingerprint density at radius 3 is 2.74 bits per heavy atom. The number of aromatic nitrogens is 2. The maximum Gasteiger partial charge on any atom is 0.416 e. The summed E-state index contributed by atoms with van der Waals surface area (Å²) in [4.78, 5) is 0. The molecule has 2 aromatic rings. The van der Waals surface area contributed by atoms with Gasteiger partial charge in [0.1, 0.15) is 0 Å². The summed E-state index contributed by atoms with van der Waals surface area (Å²) in [5.41, 5.74) is 1.14. The first-order valence-electron chi connectivity index (χ1n) is 5.93. The van der Waals surface area contributed by atoms with E-state index < -0.39 is 11.7 Å². The Morgan fingerprint density at radius 1 is 1.26 bits per heavy atom. The second kappa shape index (κ2) is 5.44. The molecule has 19 heavy (non-hydrogen) atoms. The molecule has 1 heterocycles. The van der Waals surface area contributed by atoms with E-state index in [1.807, 2.05) is 6.92 Å². The molecule has 1 aromatic carbocycles. The molecule has 0 aliphatic rings. The number of hydrogen-bond acceptors (Lipinski definition) is 2. The second-order valence-corrected chi connectivity index (χ2v) is 4.14. The summed E-state index contributed by atoms with van der Waals surface area (Å²) in [6.07, 6.45) is -4.33. The van der Waals surface area contributed by atoms with Crippen molar-refractivity contribution in [2.75, 3.05) is 6.54 Å². The van der Waals surface area contributed by atoms with E-state index in [4.69, 9.17) is 0 Å². The Kier molecular flexibility index (Phi) is 3.90. The maximum atomic E-state index is 12.6. The fourth-order valence-corrected chi connectivity index (χ4v) is 1.71. The third kappa shape index (κ3) is 3.35. The highest BCUT2D eigenvalue weighted by Crippen LogP contribution is 2.31. The molecule has 2 rings (SSSR count). The van der Waals surface area contributed by atoms with E-state index in [0.29, 0.717) is 17.8 Å².